The predicted octanol–water partition coefficient (Wildman–Crippen LogP) is 4.68. The van der Waals surface area contributed by atoms with E-state index >= 15 is 0 Å². The number of halogens is 1. The van der Waals surface area contributed by atoms with Crippen LogP contribution in [0.1, 0.15) is 42.5 Å². The first-order chi connectivity index (χ1) is 18.4. The molecule has 1 aliphatic heterocycles. The molecule has 4 aromatic rings. The molecule has 6 rings (SSSR count). The summed E-state index contributed by atoms with van der Waals surface area (Å²) in [4.78, 5) is 30.4. The van der Waals surface area contributed by atoms with Crippen molar-refractivity contribution in [1.82, 2.24) is 24.3 Å². The highest BCUT2D eigenvalue weighted by Crippen LogP contribution is 2.45. The summed E-state index contributed by atoms with van der Waals surface area (Å²) in [7, 11) is 0. The number of nitrogens with one attached hydrogen (secondary N) is 2. The molecule has 1 aliphatic carbocycles. The molecular weight excluding hydrogens is 589 g/mol. The molecule has 0 radical (unpaired) electrons. The normalized spacial score (nSPS) is 17.3. The van der Waals surface area contributed by atoms with Crippen LogP contribution in [0.15, 0.2) is 71.8 Å². The Labute approximate surface area is 235 Å². The van der Waals surface area contributed by atoms with E-state index in [1.807, 2.05) is 25.3 Å². The van der Waals surface area contributed by atoms with Gasteiger partial charge in [0, 0.05) is 60.3 Å². The van der Waals surface area contributed by atoms with Gasteiger partial charge in [-0.1, -0.05) is 52.9 Å². The van der Waals surface area contributed by atoms with Crippen LogP contribution in [0.2, 0.25) is 0 Å². The van der Waals surface area contributed by atoms with Crippen molar-refractivity contribution in [1.29, 1.82) is 5.41 Å². The molecular formula is C29H30IN7O. The maximum Gasteiger partial charge on any atom is 0.258 e. The third-order valence-electron chi connectivity index (χ3n) is 7.63. The molecule has 1 saturated heterocycles. The van der Waals surface area contributed by atoms with E-state index in [9.17, 15) is 4.79 Å². The molecule has 2 aliphatic rings. The van der Waals surface area contributed by atoms with Crippen molar-refractivity contribution >= 4 is 45.2 Å². The Bertz CT molecular complexity index is 1590. The smallest absolute Gasteiger partial charge is 0.258 e. The number of pyridine rings is 1. The summed E-state index contributed by atoms with van der Waals surface area (Å²) >= 11 is 2.28. The molecule has 194 valence electrons. The molecule has 0 bridgehead atoms. The molecule has 8 nitrogen and oxygen atoms in total. The van der Waals surface area contributed by atoms with Gasteiger partial charge in [0.2, 0.25) is 0 Å². The van der Waals surface area contributed by atoms with Crippen LogP contribution >= 0.6 is 22.6 Å². The van der Waals surface area contributed by atoms with Crippen LogP contribution < -0.4 is 10.5 Å². The lowest BCUT2D eigenvalue weighted by molar-refractivity contribution is 0.149. The molecule has 4 heterocycles. The third-order valence-corrected chi connectivity index (χ3v) is 8.45. The number of hydrogen-bond donors (Lipinski definition) is 2. The van der Waals surface area contributed by atoms with Gasteiger partial charge in [0.15, 0.2) is 0 Å². The number of nitrogens with zero attached hydrogens (tertiary/aromatic N) is 5. The molecule has 0 unspecified atom stereocenters. The Morgan fingerprint density at radius 1 is 1.18 bits per heavy atom. The molecule has 3 aromatic heterocycles. The second kappa shape index (κ2) is 10.1. The fraction of sp³-hybridized carbons (Fsp3) is 0.310. The number of piperazine rings is 1. The zero-order valence-corrected chi connectivity index (χ0v) is 23.5. The average Bonchev–Trinajstić information content (AvgIpc) is 3.52. The quantitative estimate of drug-likeness (QED) is 0.178. The van der Waals surface area contributed by atoms with E-state index in [1.54, 1.807) is 16.7 Å². The van der Waals surface area contributed by atoms with E-state index in [0.29, 0.717) is 11.3 Å². The van der Waals surface area contributed by atoms with Crippen LogP contribution in [-0.4, -0.2) is 55.1 Å². The number of anilines is 1. The van der Waals surface area contributed by atoms with Gasteiger partial charge in [0.05, 0.1) is 17.1 Å². The molecule has 1 spiro atoms. The maximum atomic E-state index is 13.1. The van der Waals surface area contributed by atoms with Gasteiger partial charge in [-0.25, -0.2) is 9.97 Å². The van der Waals surface area contributed by atoms with Crippen LogP contribution in [0.3, 0.4) is 0 Å². The highest BCUT2D eigenvalue weighted by molar-refractivity contribution is 14.1. The Morgan fingerprint density at radius 2 is 2.00 bits per heavy atom. The predicted molar refractivity (Wildman–Crippen MR) is 159 cm³/mol. The Morgan fingerprint density at radius 3 is 2.74 bits per heavy atom. The third kappa shape index (κ3) is 4.92. The number of aromatic amines is 1. The van der Waals surface area contributed by atoms with Crippen molar-refractivity contribution in [3.8, 4) is 0 Å². The minimum Gasteiger partial charge on any atom is -0.367 e. The minimum atomic E-state index is -0.184. The number of fused-ring (bicyclic) bond motifs is 1. The number of H-pyrrole nitrogens is 1. The second-order valence-corrected chi connectivity index (χ2v) is 11.0. The first kappa shape index (κ1) is 25.0. The molecule has 2 fully saturated rings. The van der Waals surface area contributed by atoms with E-state index in [-0.39, 0.29) is 16.8 Å². The average molecular weight is 620 g/mol. The van der Waals surface area contributed by atoms with Crippen molar-refractivity contribution in [3.05, 3.63) is 100 Å². The monoisotopic (exact) mass is 619 g/mol. The highest BCUT2D eigenvalue weighted by Gasteiger charge is 2.51. The summed E-state index contributed by atoms with van der Waals surface area (Å²) in [5.74, 6) is 0.723. The van der Waals surface area contributed by atoms with Crippen LogP contribution in [0.25, 0.3) is 11.2 Å². The van der Waals surface area contributed by atoms with Crippen molar-refractivity contribution < 1.29 is 0 Å². The second-order valence-electron chi connectivity index (χ2n) is 10.3. The summed E-state index contributed by atoms with van der Waals surface area (Å²) in [5.41, 5.74) is 5.37. The van der Waals surface area contributed by atoms with E-state index in [2.05, 4.69) is 77.7 Å². The number of imidazole rings is 1. The molecule has 0 atom stereocenters. The summed E-state index contributed by atoms with van der Waals surface area (Å²) in [6.45, 7) is 5.76. The fourth-order valence-corrected chi connectivity index (χ4v) is 5.69. The van der Waals surface area contributed by atoms with Gasteiger partial charge >= 0.3 is 0 Å². The van der Waals surface area contributed by atoms with Crippen molar-refractivity contribution in [2.24, 2.45) is 0 Å². The molecule has 38 heavy (non-hydrogen) atoms. The van der Waals surface area contributed by atoms with E-state index in [0.717, 1.165) is 53.4 Å². The van der Waals surface area contributed by atoms with Gasteiger partial charge in [-0.2, -0.15) is 0 Å². The van der Waals surface area contributed by atoms with E-state index in [1.165, 1.54) is 24.5 Å². The number of aromatic nitrogens is 4. The van der Waals surface area contributed by atoms with Crippen LogP contribution in [0.4, 0.5) is 5.69 Å². The van der Waals surface area contributed by atoms with Gasteiger partial charge < -0.3 is 9.88 Å². The summed E-state index contributed by atoms with van der Waals surface area (Å²) < 4.78 is 2.43. The highest BCUT2D eigenvalue weighted by atomic mass is 127. The SMILES string of the molecule is C/C(=C/C(=N)c1cc(=O)n2cc(N3CCN(Cc4ccccc4)C4(CC4)C3)ccc2n1)c1ncc(CI)[nH]1. The van der Waals surface area contributed by atoms with E-state index in [4.69, 9.17) is 5.41 Å². The number of benzene rings is 1. The zero-order valence-electron chi connectivity index (χ0n) is 21.3. The summed E-state index contributed by atoms with van der Waals surface area (Å²) in [6, 6.07) is 16.1. The molecule has 9 heteroatoms. The van der Waals surface area contributed by atoms with Crippen molar-refractivity contribution in [2.45, 2.75) is 36.3 Å². The van der Waals surface area contributed by atoms with Gasteiger partial charge in [0.25, 0.3) is 5.56 Å². The largest absolute Gasteiger partial charge is 0.367 e. The first-order valence-corrected chi connectivity index (χ1v) is 14.4. The number of rotatable bonds is 7. The molecule has 0 amide bonds. The molecule has 2 N–H and O–H groups in total. The number of hydrogen-bond acceptors (Lipinski definition) is 6. The Balaban J connectivity index is 1.20. The van der Waals surface area contributed by atoms with Gasteiger partial charge in [0.1, 0.15) is 11.5 Å². The maximum absolute atomic E-state index is 13.1. The zero-order chi connectivity index (χ0) is 26.3. The summed E-state index contributed by atoms with van der Waals surface area (Å²) in [6.07, 6.45) is 7.82. The lowest BCUT2D eigenvalue weighted by Gasteiger charge is -2.43. The molecule has 1 saturated carbocycles. The molecule has 1 aromatic carbocycles. The lowest BCUT2D eigenvalue weighted by Crippen LogP contribution is -2.54. The number of alkyl halides is 1. The van der Waals surface area contributed by atoms with Crippen LogP contribution in [-0.2, 0) is 11.0 Å². The van der Waals surface area contributed by atoms with Crippen molar-refractivity contribution in [2.75, 3.05) is 24.5 Å². The van der Waals surface area contributed by atoms with Gasteiger partial charge in [-0.3, -0.25) is 19.5 Å². The number of allylic oxidation sites excluding steroid dienone is 2. The van der Waals surface area contributed by atoms with Crippen molar-refractivity contribution in [3.63, 3.8) is 0 Å². The van der Waals surface area contributed by atoms with Crippen LogP contribution in [0, 0.1) is 5.41 Å². The lowest BCUT2D eigenvalue weighted by atomic mass is 10.1. The van der Waals surface area contributed by atoms with Crippen LogP contribution in [0.5, 0.6) is 0 Å². The topological polar surface area (TPSA) is 93.4 Å². The van der Waals surface area contributed by atoms with E-state index < -0.39 is 0 Å². The standard InChI is InChI=1S/C29H30IN7O/c1-20(28-32-16-22(15-30)33-28)13-24(31)25-14-27(38)37-18-23(7-8-26(37)34-25)35-11-12-36(29(19-35)9-10-29)17-21-5-3-2-4-6-21/h2-8,13-14,16,18,31H,9-12,15,17,19H2,1H3,(H,32,33)/b20-13-,31-24?. The summed E-state index contributed by atoms with van der Waals surface area (Å²) in [5, 5.41) is 8.54. The Hall–Kier alpha value is -3.31. The minimum absolute atomic E-state index is 0.184. The fourth-order valence-electron chi connectivity index (χ4n) is 5.31. The van der Waals surface area contributed by atoms with Gasteiger partial charge in [-0.05, 0) is 49.1 Å². The first-order valence-electron chi connectivity index (χ1n) is 12.9. The Kier molecular flexibility index (Phi) is 6.65. The van der Waals surface area contributed by atoms with Gasteiger partial charge in [-0.15, -0.1) is 0 Å².